The lowest BCUT2D eigenvalue weighted by molar-refractivity contribution is -0.153. The molecule has 1 aromatic heterocycles. The highest BCUT2D eigenvalue weighted by Crippen LogP contribution is 2.63. The maximum Gasteiger partial charge on any atom is 0.256 e. The van der Waals surface area contributed by atoms with Crippen LogP contribution in [0.25, 0.3) is 0 Å². The zero-order chi connectivity index (χ0) is 24.7. The predicted octanol–water partition coefficient (Wildman–Crippen LogP) is 2.81. The molecule has 186 valence electrons. The van der Waals surface area contributed by atoms with Gasteiger partial charge in [-0.2, -0.15) is 0 Å². The number of likely N-dealkylation sites (tertiary alicyclic amines) is 1. The Morgan fingerprint density at radius 3 is 2.80 bits per heavy atom. The van der Waals surface area contributed by atoms with Crippen LogP contribution in [-0.4, -0.2) is 67.2 Å². The van der Waals surface area contributed by atoms with Crippen molar-refractivity contribution in [3.8, 4) is 11.5 Å². The summed E-state index contributed by atoms with van der Waals surface area (Å²) in [6, 6.07) is 3.36. The molecular weight excluding hydrogens is 468 g/mol. The summed E-state index contributed by atoms with van der Waals surface area (Å²) in [5, 5.41) is 45.9. The summed E-state index contributed by atoms with van der Waals surface area (Å²) < 4.78 is 6.25. The highest BCUT2D eigenvalue weighted by Gasteiger charge is 2.69. The molecule has 1 amide bonds. The summed E-state index contributed by atoms with van der Waals surface area (Å²) in [4.78, 5) is 15.4. The van der Waals surface area contributed by atoms with Crippen LogP contribution in [-0.2, 0) is 16.6 Å². The third kappa shape index (κ3) is 3.23. The van der Waals surface area contributed by atoms with Crippen molar-refractivity contribution in [2.75, 3.05) is 18.4 Å². The quantitative estimate of drug-likeness (QED) is 0.366. The second-order valence-corrected chi connectivity index (χ2v) is 11.7. The molecule has 1 spiro atoms. The van der Waals surface area contributed by atoms with Crippen LogP contribution in [0.15, 0.2) is 23.5 Å². The van der Waals surface area contributed by atoms with Crippen molar-refractivity contribution in [3.05, 3.63) is 39.6 Å². The number of aliphatic hydroxyl groups excluding tert-OH is 1. The lowest BCUT2D eigenvalue weighted by Crippen LogP contribution is -2.73. The zero-order valence-electron chi connectivity index (χ0n) is 20.0. The van der Waals surface area contributed by atoms with Crippen molar-refractivity contribution in [2.24, 2.45) is 5.92 Å². The number of aliphatic hydroxyl groups is 2. The van der Waals surface area contributed by atoms with Crippen molar-refractivity contribution in [1.82, 2.24) is 15.1 Å². The third-order valence-corrected chi connectivity index (χ3v) is 9.22. The SMILES string of the molecule is C/C(C(=O)Nc1nnc(C)s1)=C(/O)[C@@H]1Oc2c(O)ccc3c2[C@@]12CCN(CC1CC1)[C@H](C3)[C@@]2(C)O. The number of hydrogen-bond donors (Lipinski definition) is 4. The summed E-state index contributed by atoms with van der Waals surface area (Å²) >= 11 is 1.24. The lowest BCUT2D eigenvalue weighted by Gasteiger charge is -2.59. The van der Waals surface area contributed by atoms with Crippen LogP contribution in [0.1, 0.15) is 49.2 Å². The Kier molecular flexibility index (Phi) is 4.97. The minimum Gasteiger partial charge on any atom is -0.508 e. The van der Waals surface area contributed by atoms with Gasteiger partial charge >= 0.3 is 0 Å². The number of phenolic OH excluding ortho intramolecular Hbond substituents is 1. The fraction of sp³-hybridized carbons (Fsp3) is 0.560. The molecule has 2 aliphatic carbocycles. The Hall–Kier alpha value is -2.69. The minimum atomic E-state index is -1.25. The highest BCUT2D eigenvalue weighted by molar-refractivity contribution is 7.15. The van der Waals surface area contributed by atoms with E-state index < -0.39 is 23.0 Å². The number of nitrogens with zero attached hydrogens (tertiary/aromatic N) is 3. The number of aryl methyl sites for hydroxylation is 1. The van der Waals surface area contributed by atoms with Crippen molar-refractivity contribution in [1.29, 1.82) is 0 Å². The Balaban J connectivity index is 1.43. The number of aromatic nitrogens is 2. The van der Waals surface area contributed by atoms with E-state index in [1.54, 1.807) is 13.0 Å². The van der Waals surface area contributed by atoms with Gasteiger partial charge < -0.3 is 20.1 Å². The lowest BCUT2D eigenvalue weighted by atomic mass is 9.53. The smallest absolute Gasteiger partial charge is 0.256 e. The molecule has 6 rings (SSSR count). The highest BCUT2D eigenvalue weighted by atomic mass is 32.1. The summed E-state index contributed by atoms with van der Waals surface area (Å²) in [5.41, 5.74) is -0.405. The number of carbonyl (C=O) groups excluding carboxylic acids is 1. The van der Waals surface area contributed by atoms with E-state index in [1.807, 2.05) is 13.0 Å². The van der Waals surface area contributed by atoms with Crippen LogP contribution in [0, 0.1) is 12.8 Å². The van der Waals surface area contributed by atoms with Crippen LogP contribution < -0.4 is 10.1 Å². The molecule has 2 bridgehead atoms. The second-order valence-electron chi connectivity index (χ2n) is 10.6. The fourth-order valence-corrected chi connectivity index (χ4v) is 7.01. The van der Waals surface area contributed by atoms with E-state index in [2.05, 4.69) is 20.4 Å². The molecule has 4 N–H and O–H groups in total. The second kappa shape index (κ2) is 7.65. The molecule has 1 saturated heterocycles. The van der Waals surface area contributed by atoms with Crippen LogP contribution in [0.5, 0.6) is 11.5 Å². The molecule has 4 atom stereocenters. The van der Waals surface area contributed by atoms with Crippen LogP contribution in [0.2, 0.25) is 0 Å². The van der Waals surface area contributed by atoms with Crippen LogP contribution in [0.4, 0.5) is 5.13 Å². The fourth-order valence-electron chi connectivity index (χ4n) is 6.42. The van der Waals surface area contributed by atoms with E-state index in [0.717, 1.165) is 24.2 Å². The van der Waals surface area contributed by atoms with Gasteiger partial charge in [0.25, 0.3) is 5.91 Å². The topological polar surface area (TPSA) is 128 Å². The van der Waals surface area contributed by atoms with Crippen molar-refractivity contribution >= 4 is 22.4 Å². The van der Waals surface area contributed by atoms with Gasteiger partial charge in [-0.15, -0.1) is 10.2 Å². The van der Waals surface area contributed by atoms with Gasteiger partial charge in [0.2, 0.25) is 5.13 Å². The molecule has 0 unspecified atom stereocenters. The normalized spacial score (nSPS) is 32.0. The molecule has 0 radical (unpaired) electrons. The number of rotatable bonds is 5. The number of carbonyl (C=O) groups is 1. The summed E-state index contributed by atoms with van der Waals surface area (Å²) in [6.45, 7) is 6.83. The van der Waals surface area contributed by atoms with Gasteiger partial charge in [0.15, 0.2) is 17.6 Å². The molecule has 1 saturated carbocycles. The summed E-state index contributed by atoms with van der Waals surface area (Å²) in [6.07, 6.45) is 2.62. The van der Waals surface area contributed by atoms with Crippen molar-refractivity contribution < 1.29 is 24.9 Å². The minimum absolute atomic E-state index is 0.0282. The maximum absolute atomic E-state index is 13.0. The number of fused-ring (bicyclic) bond motifs is 1. The number of amides is 1. The van der Waals surface area contributed by atoms with E-state index in [9.17, 15) is 20.1 Å². The van der Waals surface area contributed by atoms with Crippen LogP contribution >= 0.6 is 11.3 Å². The molecule has 3 heterocycles. The first-order valence-corrected chi connectivity index (χ1v) is 12.9. The molecule has 2 aliphatic heterocycles. The van der Waals surface area contributed by atoms with E-state index in [1.165, 1.54) is 31.1 Å². The number of anilines is 1. The number of nitrogens with one attached hydrogen (secondary N) is 1. The van der Waals surface area contributed by atoms with Gasteiger partial charge in [-0.25, -0.2) is 0 Å². The van der Waals surface area contributed by atoms with E-state index in [0.29, 0.717) is 34.6 Å². The Morgan fingerprint density at radius 2 is 2.11 bits per heavy atom. The average molecular weight is 499 g/mol. The summed E-state index contributed by atoms with van der Waals surface area (Å²) in [5.74, 6) is 0.176. The molecule has 9 nitrogen and oxygen atoms in total. The molecule has 4 aliphatic rings. The number of phenols is 1. The van der Waals surface area contributed by atoms with E-state index in [4.69, 9.17) is 4.74 Å². The molecule has 1 aromatic carbocycles. The van der Waals surface area contributed by atoms with Gasteiger partial charge in [0.05, 0.1) is 16.6 Å². The van der Waals surface area contributed by atoms with Crippen LogP contribution in [0.3, 0.4) is 0 Å². The predicted molar refractivity (Wildman–Crippen MR) is 130 cm³/mol. The van der Waals surface area contributed by atoms with Gasteiger partial charge in [0.1, 0.15) is 10.8 Å². The standard InChI is InChI=1S/C25H30N4O5S/c1-12(22(32)26-23-28-27-13(2)35-23)19(31)21-25-8-9-29(11-14-4-5-14)17(24(25,3)33)10-15-6-7-16(30)20(34-21)18(15)25/h6-7,14,17,21,30-31,33H,4-5,8-11H2,1-3H3,(H,26,28,32)/b19-12-/t17-,21+,24-,25+/m1/s1. The average Bonchev–Trinajstić information content (AvgIpc) is 3.42. The van der Waals surface area contributed by atoms with Gasteiger partial charge in [0, 0.05) is 18.2 Å². The Morgan fingerprint density at radius 1 is 1.34 bits per heavy atom. The van der Waals surface area contributed by atoms with E-state index in [-0.39, 0.29) is 23.1 Å². The first-order chi connectivity index (χ1) is 16.6. The molecule has 2 aromatic rings. The molecule has 35 heavy (non-hydrogen) atoms. The maximum atomic E-state index is 13.0. The zero-order valence-corrected chi connectivity index (χ0v) is 20.9. The van der Waals surface area contributed by atoms with Crippen molar-refractivity contribution in [3.63, 3.8) is 0 Å². The Bertz CT molecular complexity index is 1250. The first-order valence-electron chi connectivity index (χ1n) is 12.1. The van der Waals surface area contributed by atoms with Gasteiger partial charge in [-0.05, 0) is 70.5 Å². The molecule has 2 fully saturated rings. The van der Waals surface area contributed by atoms with Gasteiger partial charge in [-0.1, -0.05) is 17.4 Å². The number of piperidine rings is 1. The van der Waals surface area contributed by atoms with Gasteiger partial charge in [-0.3, -0.25) is 15.0 Å². The number of hydrogen-bond acceptors (Lipinski definition) is 9. The number of aromatic hydroxyl groups is 1. The third-order valence-electron chi connectivity index (χ3n) is 8.46. The van der Waals surface area contributed by atoms with Crippen molar-refractivity contribution in [2.45, 2.75) is 69.6 Å². The van der Waals surface area contributed by atoms with E-state index >= 15 is 0 Å². The molecular formula is C25H30N4O5S. The summed E-state index contributed by atoms with van der Waals surface area (Å²) in [7, 11) is 0. The largest absolute Gasteiger partial charge is 0.508 e. The Labute approximate surface area is 207 Å². The number of benzene rings is 1. The monoisotopic (exact) mass is 498 g/mol. The first kappa shape index (κ1) is 22.8. The number of ether oxygens (including phenoxy) is 1. The molecule has 10 heteroatoms.